The lowest BCUT2D eigenvalue weighted by atomic mass is 10.0. The minimum Gasteiger partial charge on any atom is -0.393 e. The molecule has 8 nitrogen and oxygen atoms in total. The first-order valence-electron chi connectivity index (χ1n) is 8.99. The first kappa shape index (κ1) is 22.3. The number of aryl methyl sites for hydroxylation is 1. The van der Waals surface area contributed by atoms with Gasteiger partial charge in [0.05, 0.1) is 21.6 Å². The van der Waals surface area contributed by atoms with Crippen LogP contribution in [-0.4, -0.2) is 32.3 Å². The number of halogens is 1. The van der Waals surface area contributed by atoms with E-state index in [9.17, 15) is 18.0 Å². The van der Waals surface area contributed by atoms with Crippen molar-refractivity contribution >= 4 is 38.8 Å². The van der Waals surface area contributed by atoms with Crippen LogP contribution >= 0.6 is 11.6 Å². The second kappa shape index (κ2) is 9.15. The molecule has 0 atom stereocenters. The molecular formula is C21H18ClN3O5S. The Labute approximate surface area is 183 Å². The van der Waals surface area contributed by atoms with Crippen LogP contribution in [0.5, 0.6) is 0 Å². The zero-order valence-corrected chi connectivity index (χ0v) is 18.1. The first-order valence-corrected chi connectivity index (χ1v) is 10.9. The molecule has 0 unspecified atom stereocenters. The van der Waals surface area contributed by atoms with E-state index in [1.165, 1.54) is 60.9 Å². The molecule has 2 aromatic carbocycles. The van der Waals surface area contributed by atoms with Gasteiger partial charge in [0.15, 0.2) is 0 Å². The molecule has 0 saturated carbocycles. The average molecular weight is 460 g/mol. The molecule has 0 saturated heterocycles. The van der Waals surface area contributed by atoms with E-state index in [1.54, 1.807) is 14.0 Å². The Morgan fingerprint density at radius 2 is 1.61 bits per heavy atom. The van der Waals surface area contributed by atoms with Crippen LogP contribution in [0.1, 0.15) is 16.1 Å². The highest BCUT2D eigenvalue weighted by atomic mass is 35.5. The number of ketones is 1. The summed E-state index contributed by atoms with van der Waals surface area (Å²) in [4.78, 5) is 25.5. The van der Waals surface area contributed by atoms with Crippen LogP contribution in [0.2, 0.25) is 5.02 Å². The number of hydrogen-bond acceptors (Lipinski definition) is 7. The summed E-state index contributed by atoms with van der Waals surface area (Å²) in [6.07, 6.45) is 2.51. The van der Waals surface area contributed by atoms with E-state index < -0.39 is 21.5 Å². The third-order valence-corrected chi connectivity index (χ3v) is 6.36. The van der Waals surface area contributed by atoms with Gasteiger partial charge in [-0.15, -0.1) is 0 Å². The molecule has 10 heteroatoms. The van der Waals surface area contributed by atoms with Gasteiger partial charge in [-0.1, -0.05) is 16.8 Å². The zero-order chi connectivity index (χ0) is 22.6. The molecule has 160 valence electrons. The molecule has 0 spiro atoms. The quantitative estimate of drug-likeness (QED) is 0.240. The van der Waals surface area contributed by atoms with Gasteiger partial charge in [-0.3, -0.25) is 9.59 Å². The van der Waals surface area contributed by atoms with Crippen LogP contribution in [0.3, 0.4) is 0 Å². The van der Waals surface area contributed by atoms with Crippen LogP contribution in [-0.2, 0) is 14.6 Å². The second-order valence-corrected chi connectivity index (χ2v) is 8.79. The van der Waals surface area contributed by atoms with Crippen molar-refractivity contribution in [2.75, 3.05) is 12.4 Å². The van der Waals surface area contributed by atoms with Gasteiger partial charge >= 0.3 is 0 Å². The van der Waals surface area contributed by atoms with Crippen molar-refractivity contribution in [3.05, 3.63) is 82.8 Å². The van der Waals surface area contributed by atoms with Gasteiger partial charge in [-0.2, -0.15) is 0 Å². The Bertz CT molecular complexity index is 1250. The van der Waals surface area contributed by atoms with Crippen molar-refractivity contribution < 1.29 is 22.5 Å². The van der Waals surface area contributed by atoms with Crippen molar-refractivity contribution in [1.82, 2.24) is 10.5 Å². The lowest BCUT2D eigenvalue weighted by molar-refractivity contribution is -0.112. The van der Waals surface area contributed by atoms with E-state index in [-0.39, 0.29) is 26.7 Å². The maximum Gasteiger partial charge on any atom is 0.261 e. The Hall–Kier alpha value is -3.43. The number of aromatic nitrogens is 1. The zero-order valence-electron chi connectivity index (χ0n) is 16.5. The molecular weight excluding hydrogens is 442 g/mol. The Morgan fingerprint density at radius 1 is 1.03 bits per heavy atom. The molecule has 0 fully saturated rings. The highest BCUT2D eigenvalue weighted by molar-refractivity contribution is 7.91. The number of carbonyl (C=O) groups excluding carboxylic acids is 2. The fourth-order valence-corrected chi connectivity index (χ4v) is 4.09. The van der Waals surface area contributed by atoms with Crippen LogP contribution in [0.15, 0.2) is 80.8 Å². The fourth-order valence-electron chi connectivity index (χ4n) is 2.71. The Balaban J connectivity index is 1.80. The van der Waals surface area contributed by atoms with E-state index >= 15 is 0 Å². The van der Waals surface area contributed by atoms with Crippen LogP contribution in [0.25, 0.3) is 0 Å². The van der Waals surface area contributed by atoms with E-state index in [0.29, 0.717) is 10.7 Å². The number of carbonyl (C=O) groups is 2. The molecule has 2 N–H and O–H groups in total. The Kier molecular flexibility index (Phi) is 6.57. The monoisotopic (exact) mass is 459 g/mol. The molecule has 3 rings (SSSR count). The SMILES string of the molecule is CNC=C(C(=O)Nc1ccc(S(=O)(=O)c2ccc(Cl)cc2)cc1)C(=O)c1cnoc1C. The number of amides is 1. The molecule has 0 bridgehead atoms. The molecule has 31 heavy (non-hydrogen) atoms. The van der Waals surface area contributed by atoms with E-state index in [4.69, 9.17) is 16.1 Å². The number of nitrogens with zero attached hydrogens (tertiary/aromatic N) is 1. The summed E-state index contributed by atoms with van der Waals surface area (Å²) in [7, 11) is -2.18. The van der Waals surface area contributed by atoms with E-state index in [1.807, 2.05) is 0 Å². The lowest BCUT2D eigenvalue weighted by Gasteiger charge is -2.09. The minimum atomic E-state index is -3.74. The molecule has 3 aromatic rings. The number of hydrogen-bond donors (Lipinski definition) is 2. The van der Waals surface area contributed by atoms with Crippen molar-refractivity contribution in [3.63, 3.8) is 0 Å². The van der Waals surface area contributed by atoms with Gasteiger partial charge in [0.25, 0.3) is 5.91 Å². The fraction of sp³-hybridized carbons (Fsp3) is 0.0952. The number of benzene rings is 2. The number of Topliss-reactive ketones (excluding diaryl/α,β-unsaturated/α-hetero) is 1. The van der Waals surface area contributed by atoms with Crippen molar-refractivity contribution in [3.8, 4) is 0 Å². The summed E-state index contributed by atoms with van der Waals surface area (Å²) in [5.74, 6) is -0.947. The van der Waals surface area contributed by atoms with Crippen molar-refractivity contribution in [2.45, 2.75) is 16.7 Å². The predicted octanol–water partition coefficient (Wildman–Crippen LogP) is 3.39. The molecule has 1 aromatic heterocycles. The smallest absolute Gasteiger partial charge is 0.261 e. The molecule has 0 radical (unpaired) electrons. The predicted molar refractivity (Wildman–Crippen MR) is 115 cm³/mol. The van der Waals surface area contributed by atoms with Crippen molar-refractivity contribution in [2.24, 2.45) is 0 Å². The minimum absolute atomic E-state index is 0.0509. The number of rotatable bonds is 7. The molecule has 0 aliphatic carbocycles. The average Bonchev–Trinajstić information content (AvgIpc) is 3.18. The highest BCUT2D eigenvalue weighted by Gasteiger charge is 2.24. The van der Waals surface area contributed by atoms with Gasteiger partial charge in [0, 0.05) is 24.0 Å². The maximum absolute atomic E-state index is 12.7. The summed E-state index contributed by atoms with van der Waals surface area (Å²) in [6.45, 7) is 1.56. The van der Waals surface area contributed by atoms with Gasteiger partial charge in [-0.25, -0.2) is 8.42 Å². The van der Waals surface area contributed by atoms with Gasteiger partial charge in [-0.05, 0) is 55.5 Å². The first-order chi connectivity index (χ1) is 14.7. The third-order valence-electron chi connectivity index (χ3n) is 4.32. The number of nitrogens with one attached hydrogen (secondary N) is 2. The molecule has 0 aliphatic heterocycles. The summed E-state index contributed by atoms with van der Waals surface area (Å²) >= 11 is 5.81. The third kappa shape index (κ3) is 4.84. The molecule has 1 amide bonds. The van der Waals surface area contributed by atoms with Gasteiger partial charge in [0.1, 0.15) is 11.3 Å². The van der Waals surface area contributed by atoms with Crippen LogP contribution < -0.4 is 10.6 Å². The summed E-state index contributed by atoms with van der Waals surface area (Å²) in [5, 5.41) is 9.23. The second-order valence-electron chi connectivity index (χ2n) is 6.41. The van der Waals surface area contributed by atoms with Crippen LogP contribution in [0, 0.1) is 6.92 Å². The normalized spacial score (nSPS) is 11.8. The van der Waals surface area contributed by atoms with Gasteiger partial charge in [0.2, 0.25) is 15.6 Å². The largest absolute Gasteiger partial charge is 0.393 e. The topological polar surface area (TPSA) is 118 Å². The summed E-state index contributed by atoms with van der Waals surface area (Å²) < 4.78 is 30.3. The standard InChI is InChI=1S/C21H18ClN3O5S/c1-13-18(12-24-30-13)20(26)19(11-23-2)21(27)25-15-5-9-17(10-6-15)31(28,29)16-7-3-14(22)4-8-16/h3-12,23H,1-2H3,(H,25,27). The highest BCUT2D eigenvalue weighted by Crippen LogP contribution is 2.24. The van der Waals surface area contributed by atoms with Crippen molar-refractivity contribution in [1.29, 1.82) is 0 Å². The molecule has 0 aliphatic rings. The van der Waals surface area contributed by atoms with E-state index in [0.717, 1.165) is 0 Å². The number of anilines is 1. The number of sulfone groups is 1. The van der Waals surface area contributed by atoms with E-state index in [2.05, 4.69) is 15.8 Å². The van der Waals surface area contributed by atoms with Gasteiger partial charge < -0.3 is 15.2 Å². The summed E-state index contributed by atoms with van der Waals surface area (Å²) in [5.41, 5.74) is 0.324. The maximum atomic E-state index is 12.7. The summed E-state index contributed by atoms with van der Waals surface area (Å²) in [6, 6.07) is 11.4. The Morgan fingerprint density at radius 3 is 2.13 bits per heavy atom. The lowest BCUT2D eigenvalue weighted by Crippen LogP contribution is -2.22. The molecule has 1 heterocycles. The van der Waals surface area contributed by atoms with Crippen LogP contribution in [0.4, 0.5) is 5.69 Å².